The lowest BCUT2D eigenvalue weighted by atomic mass is 10.2. The van der Waals surface area contributed by atoms with Crippen molar-refractivity contribution < 1.29 is 14.0 Å². The van der Waals surface area contributed by atoms with Gasteiger partial charge in [-0.15, -0.1) is 11.3 Å². The number of aryl methyl sites for hydroxylation is 1. The number of hydrogen-bond acceptors (Lipinski definition) is 5. The minimum absolute atomic E-state index is 0.0227. The molecule has 0 saturated heterocycles. The second-order valence-corrected chi connectivity index (χ2v) is 6.69. The van der Waals surface area contributed by atoms with Crippen LogP contribution in [0, 0.1) is 6.92 Å². The van der Waals surface area contributed by atoms with Gasteiger partial charge in [0.1, 0.15) is 6.26 Å². The summed E-state index contributed by atoms with van der Waals surface area (Å²) in [4.78, 5) is 28.6. The van der Waals surface area contributed by atoms with Gasteiger partial charge in [-0.05, 0) is 42.1 Å². The maximum atomic E-state index is 12.2. The fourth-order valence-electron chi connectivity index (χ4n) is 1.92. The molecule has 0 fully saturated rings. The van der Waals surface area contributed by atoms with Crippen molar-refractivity contribution >= 4 is 50.8 Å². The Morgan fingerprint density at radius 1 is 1.21 bits per heavy atom. The molecule has 2 N–H and O–H groups in total. The Hall–Kier alpha value is -2.45. The average Bonchev–Trinajstić information content (AvgIpc) is 3.22. The highest BCUT2D eigenvalue weighted by molar-refractivity contribution is 9.10. The quantitative estimate of drug-likeness (QED) is 0.676. The topological polar surface area (TPSA) is 84.2 Å². The first kappa shape index (κ1) is 16.4. The number of carbonyl (C=O) groups is 2. The molecule has 0 unspecified atom stereocenters. The van der Waals surface area contributed by atoms with Crippen LogP contribution in [0.15, 0.2) is 50.9 Å². The van der Waals surface area contributed by atoms with Gasteiger partial charge in [-0.25, -0.2) is 0 Å². The van der Waals surface area contributed by atoms with Crippen LogP contribution >= 0.6 is 27.3 Å². The summed E-state index contributed by atoms with van der Waals surface area (Å²) in [6.07, 6.45) is 1.20. The van der Waals surface area contributed by atoms with Gasteiger partial charge in [-0.1, -0.05) is 22.0 Å². The van der Waals surface area contributed by atoms with Gasteiger partial charge in [-0.2, -0.15) is 4.98 Å². The van der Waals surface area contributed by atoms with E-state index in [2.05, 4.69) is 31.5 Å². The average molecular weight is 406 g/mol. The highest BCUT2D eigenvalue weighted by atomic mass is 79.9. The molecular formula is C16H12BrN3O3S. The minimum atomic E-state index is -0.419. The van der Waals surface area contributed by atoms with Crippen LogP contribution < -0.4 is 10.6 Å². The highest BCUT2D eigenvalue weighted by Crippen LogP contribution is 2.21. The Morgan fingerprint density at radius 2 is 2.04 bits per heavy atom. The minimum Gasteiger partial charge on any atom is -0.431 e. The number of oxazole rings is 1. The number of hydrogen-bond donors (Lipinski definition) is 2. The maximum Gasteiger partial charge on any atom is 0.302 e. The van der Waals surface area contributed by atoms with E-state index in [1.54, 1.807) is 23.6 Å². The van der Waals surface area contributed by atoms with Crippen LogP contribution in [-0.2, 0) is 0 Å². The van der Waals surface area contributed by atoms with E-state index in [1.165, 1.54) is 17.6 Å². The van der Waals surface area contributed by atoms with Crippen molar-refractivity contribution in [1.29, 1.82) is 0 Å². The zero-order valence-electron chi connectivity index (χ0n) is 12.5. The molecule has 0 aliphatic rings. The third-order valence-corrected chi connectivity index (χ3v) is 4.88. The standard InChI is InChI=1S/C16H12BrN3O3S/c1-9-7-10(4-5-11(9)17)18-14(21)12-8-23-16(19-12)20-15(22)13-3-2-6-24-13/h2-8H,1H3,(H,18,21)(H,19,20,22). The molecule has 122 valence electrons. The van der Waals surface area contributed by atoms with Crippen LogP contribution in [0.1, 0.15) is 25.7 Å². The largest absolute Gasteiger partial charge is 0.431 e. The molecule has 2 aromatic heterocycles. The predicted molar refractivity (Wildman–Crippen MR) is 95.6 cm³/mol. The summed E-state index contributed by atoms with van der Waals surface area (Å²) in [5.41, 5.74) is 1.72. The van der Waals surface area contributed by atoms with Gasteiger partial charge in [0.15, 0.2) is 5.69 Å². The number of nitrogens with zero attached hydrogens (tertiary/aromatic N) is 1. The van der Waals surface area contributed by atoms with Crippen molar-refractivity contribution in [3.05, 3.63) is 62.6 Å². The monoisotopic (exact) mass is 405 g/mol. The summed E-state index contributed by atoms with van der Waals surface area (Å²) in [5.74, 6) is -0.751. The molecule has 0 aliphatic heterocycles. The van der Waals surface area contributed by atoms with Crippen LogP contribution in [0.25, 0.3) is 0 Å². The van der Waals surface area contributed by atoms with E-state index < -0.39 is 5.91 Å². The summed E-state index contributed by atoms with van der Waals surface area (Å²) in [6, 6.07) is 8.89. The van der Waals surface area contributed by atoms with Gasteiger partial charge in [-0.3, -0.25) is 14.9 Å². The summed E-state index contributed by atoms with van der Waals surface area (Å²) < 4.78 is 6.09. The fourth-order valence-corrected chi connectivity index (χ4v) is 2.79. The molecular weight excluding hydrogens is 394 g/mol. The maximum absolute atomic E-state index is 12.2. The number of anilines is 2. The number of carbonyl (C=O) groups excluding carboxylic acids is 2. The van der Waals surface area contributed by atoms with E-state index in [9.17, 15) is 9.59 Å². The second kappa shape index (κ2) is 6.98. The molecule has 2 amide bonds. The molecule has 0 saturated carbocycles. The lowest BCUT2D eigenvalue weighted by Crippen LogP contribution is -2.14. The van der Waals surface area contributed by atoms with E-state index in [0.717, 1.165) is 10.0 Å². The number of halogens is 1. The molecule has 0 spiro atoms. The van der Waals surface area contributed by atoms with Crippen LogP contribution in [0.3, 0.4) is 0 Å². The smallest absolute Gasteiger partial charge is 0.302 e. The molecule has 6 nitrogen and oxygen atoms in total. The van der Waals surface area contributed by atoms with E-state index in [1.807, 2.05) is 19.1 Å². The van der Waals surface area contributed by atoms with E-state index in [0.29, 0.717) is 10.6 Å². The number of benzene rings is 1. The SMILES string of the molecule is Cc1cc(NC(=O)c2coc(NC(=O)c3cccs3)n2)ccc1Br. The normalized spacial score (nSPS) is 10.4. The fraction of sp³-hybridized carbons (Fsp3) is 0.0625. The van der Waals surface area contributed by atoms with E-state index in [4.69, 9.17) is 4.42 Å². The molecule has 2 heterocycles. The number of thiophene rings is 1. The van der Waals surface area contributed by atoms with Crippen LogP contribution in [0.5, 0.6) is 0 Å². The predicted octanol–water partition coefficient (Wildman–Crippen LogP) is 4.31. The van der Waals surface area contributed by atoms with Gasteiger partial charge in [0, 0.05) is 10.2 Å². The summed E-state index contributed by atoms with van der Waals surface area (Å²) in [5, 5.41) is 7.03. The lowest BCUT2D eigenvalue weighted by molar-refractivity contribution is 0.101. The molecule has 3 rings (SSSR count). The van der Waals surface area contributed by atoms with Crippen LogP contribution in [0.4, 0.5) is 11.7 Å². The Labute approximate surface area is 150 Å². The summed E-state index contributed by atoms with van der Waals surface area (Å²) in [6.45, 7) is 1.92. The lowest BCUT2D eigenvalue weighted by Gasteiger charge is -2.05. The number of nitrogens with one attached hydrogen (secondary N) is 2. The molecule has 0 atom stereocenters. The number of amides is 2. The molecule has 0 bridgehead atoms. The van der Waals surface area contributed by atoms with Crippen molar-refractivity contribution in [2.45, 2.75) is 6.92 Å². The van der Waals surface area contributed by atoms with Crippen molar-refractivity contribution in [1.82, 2.24) is 4.98 Å². The van der Waals surface area contributed by atoms with Gasteiger partial charge >= 0.3 is 6.01 Å². The zero-order valence-corrected chi connectivity index (χ0v) is 14.9. The first-order valence-corrected chi connectivity index (χ1v) is 8.58. The van der Waals surface area contributed by atoms with Crippen LogP contribution in [-0.4, -0.2) is 16.8 Å². The Balaban J connectivity index is 1.67. The van der Waals surface area contributed by atoms with Crippen molar-refractivity contribution in [2.75, 3.05) is 10.6 Å². The Morgan fingerprint density at radius 3 is 2.75 bits per heavy atom. The van der Waals surface area contributed by atoms with Crippen LogP contribution in [0.2, 0.25) is 0 Å². The summed E-state index contributed by atoms with van der Waals surface area (Å²) in [7, 11) is 0. The second-order valence-electron chi connectivity index (χ2n) is 4.89. The molecule has 0 aliphatic carbocycles. The molecule has 8 heteroatoms. The zero-order chi connectivity index (χ0) is 17.1. The molecule has 0 radical (unpaired) electrons. The van der Waals surface area contributed by atoms with Crippen molar-refractivity contribution in [2.24, 2.45) is 0 Å². The summed E-state index contributed by atoms with van der Waals surface area (Å²) >= 11 is 4.71. The highest BCUT2D eigenvalue weighted by Gasteiger charge is 2.15. The van der Waals surface area contributed by atoms with Crippen molar-refractivity contribution in [3.8, 4) is 0 Å². The van der Waals surface area contributed by atoms with Gasteiger partial charge in [0.25, 0.3) is 11.8 Å². The molecule has 1 aromatic carbocycles. The Kier molecular flexibility index (Phi) is 4.77. The van der Waals surface area contributed by atoms with Gasteiger partial charge in [0.05, 0.1) is 4.88 Å². The number of aromatic nitrogens is 1. The van der Waals surface area contributed by atoms with Gasteiger partial charge in [0.2, 0.25) is 0 Å². The van der Waals surface area contributed by atoms with Gasteiger partial charge < -0.3 is 9.73 Å². The third kappa shape index (κ3) is 3.72. The first-order valence-electron chi connectivity index (χ1n) is 6.91. The van der Waals surface area contributed by atoms with E-state index in [-0.39, 0.29) is 17.6 Å². The Bertz CT molecular complexity index is 890. The first-order chi connectivity index (χ1) is 11.5. The number of rotatable bonds is 4. The molecule has 3 aromatic rings. The van der Waals surface area contributed by atoms with Crippen molar-refractivity contribution in [3.63, 3.8) is 0 Å². The third-order valence-electron chi connectivity index (χ3n) is 3.12. The molecule has 24 heavy (non-hydrogen) atoms. The van der Waals surface area contributed by atoms with E-state index >= 15 is 0 Å².